The Balaban J connectivity index is 2.05. The molecule has 1 fully saturated rings. The molecular formula is C12H17NS. The summed E-state index contributed by atoms with van der Waals surface area (Å²) in [5.74, 6) is 0.659. The lowest BCUT2D eigenvalue weighted by Gasteiger charge is -2.34. The molecule has 1 aromatic rings. The van der Waals surface area contributed by atoms with Crippen LogP contribution in [0.3, 0.4) is 0 Å². The quantitative estimate of drug-likeness (QED) is 0.753. The van der Waals surface area contributed by atoms with E-state index in [0.717, 1.165) is 0 Å². The second-order valence-electron chi connectivity index (χ2n) is 5.01. The van der Waals surface area contributed by atoms with Gasteiger partial charge in [0.15, 0.2) is 0 Å². The molecule has 1 spiro atoms. The van der Waals surface area contributed by atoms with Crippen molar-refractivity contribution in [3.05, 3.63) is 21.9 Å². The Kier molecular flexibility index (Phi) is 1.80. The minimum atomic E-state index is 0.329. The van der Waals surface area contributed by atoms with Crippen LogP contribution in [-0.4, -0.2) is 6.04 Å². The summed E-state index contributed by atoms with van der Waals surface area (Å²) in [7, 11) is 0. The van der Waals surface area contributed by atoms with Gasteiger partial charge in [0.25, 0.3) is 0 Å². The van der Waals surface area contributed by atoms with E-state index in [9.17, 15) is 0 Å². The van der Waals surface area contributed by atoms with Crippen LogP contribution in [0.5, 0.6) is 0 Å². The lowest BCUT2D eigenvalue weighted by molar-refractivity contribution is 0.318. The summed E-state index contributed by atoms with van der Waals surface area (Å²) in [6, 6.07) is 2.63. The smallest absolute Gasteiger partial charge is 0.0141 e. The molecule has 1 heterocycles. The highest BCUT2D eigenvalue weighted by molar-refractivity contribution is 7.10. The highest BCUT2D eigenvalue weighted by atomic mass is 32.1. The Bertz CT molecular complexity index is 349. The normalized spacial score (nSPS) is 30.0. The molecule has 0 saturated heterocycles. The van der Waals surface area contributed by atoms with E-state index < -0.39 is 0 Å². The van der Waals surface area contributed by atoms with Gasteiger partial charge in [0.2, 0.25) is 0 Å². The topological polar surface area (TPSA) is 26.0 Å². The monoisotopic (exact) mass is 207 g/mol. The molecule has 0 bridgehead atoms. The molecule has 1 aromatic heterocycles. The third-order valence-corrected chi connectivity index (χ3v) is 5.08. The lowest BCUT2D eigenvalue weighted by Crippen LogP contribution is -2.34. The molecule has 2 heteroatoms. The number of fused-ring (bicyclic) bond motifs is 1. The summed E-state index contributed by atoms with van der Waals surface area (Å²) < 4.78 is 0. The van der Waals surface area contributed by atoms with Crippen LogP contribution >= 0.6 is 11.3 Å². The van der Waals surface area contributed by atoms with Crippen LogP contribution < -0.4 is 5.73 Å². The summed E-state index contributed by atoms with van der Waals surface area (Å²) in [5, 5.41) is 2.24. The van der Waals surface area contributed by atoms with Gasteiger partial charge in [-0.25, -0.2) is 0 Å². The summed E-state index contributed by atoms with van der Waals surface area (Å²) in [4.78, 5) is 1.60. The molecule has 3 rings (SSSR count). The molecule has 76 valence electrons. The predicted octanol–water partition coefficient (Wildman–Crippen LogP) is 2.91. The lowest BCUT2D eigenvalue weighted by atomic mass is 9.74. The summed E-state index contributed by atoms with van der Waals surface area (Å²) in [5.41, 5.74) is 8.36. The Morgan fingerprint density at radius 1 is 1.50 bits per heavy atom. The second-order valence-corrected chi connectivity index (χ2v) is 5.96. The van der Waals surface area contributed by atoms with Crippen LogP contribution in [0.15, 0.2) is 11.4 Å². The van der Waals surface area contributed by atoms with E-state index >= 15 is 0 Å². The summed E-state index contributed by atoms with van der Waals surface area (Å²) >= 11 is 1.92. The van der Waals surface area contributed by atoms with Crippen LogP contribution in [0, 0.1) is 5.41 Å². The van der Waals surface area contributed by atoms with Gasteiger partial charge in [-0.1, -0.05) is 0 Å². The Labute approximate surface area is 89.3 Å². The van der Waals surface area contributed by atoms with Gasteiger partial charge in [-0.2, -0.15) is 0 Å². The molecule has 14 heavy (non-hydrogen) atoms. The molecule has 1 nitrogen and oxygen atoms in total. The van der Waals surface area contributed by atoms with Gasteiger partial charge in [0, 0.05) is 16.8 Å². The average Bonchev–Trinajstić information content (AvgIpc) is 2.75. The van der Waals surface area contributed by atoms with E-state index in [0.29, 0.717) is 17.4 Å². The summed E-state index contributed by atoms with van der Waals surface area (Å²) in [6.07, 6.45) is 5.50. The third kappa shape index (κ3) is 1.10. The van der Waals surface area contributed by atoms with Gasteiger partial charge in [-0.05, 0) is 55.0 Å². The third-order valence-electron chi connectivity index (χ3n) is 4.03. The number of thiophene rings is 1. The molecule has 0 aromatic carbocycles. The van der Waals surface area contributed by atoms with E-state index in [1.54, 1.807) is 10.4 Å². The van der Waals surface area contributed by atoms with Crippen molar-refractivity contribution in [2.24, 2.45) is 11.1 Å². The number of nitrogens with two attached hydrogens (primary N) is 1. The summed E-state index contributed by atoms with van der Waals surface area (Å²) in [6.45, 7) is 2.18. The second kappa shape index (κ2) is 2.83. The number of rotatable bonds is 1. The van der Waals surface area contributed by atoms with Crippen LogP contribution in [0.2, 0.25) is 0 Å². The van der Waals surface area contributed by atoms with Gasteiger partial charge in [-0.3, -0.25) is 0 Å². The van der Waals surface area contributed by atoms with E-state index in [1.807, 2.05) is 11.3 Å². The fourth-order valence-corrected chi connectivity index (χ4v) is 4.47. The first-order valence-electron chi connectivity index (χ1n) is 5.55. The van der Waals surface area contributed by atoms with Crippen molar-refractivity contribution >= 4 is 11.3 Å². The highest BCUT2D eigenvalue weighted by Gasteiger charge is 2.53. The average molecular weight is 207 g/mol. The fourth-order valence-electron chi connectivity index (χ4n) is 3.16. The highest BCUT2D eigenvalue weighted by Crippen LogP contribution is 2.63. The van der Waals surface area contributed by atoms with Crippen LogP contribution in [0.25, 0.3) is 0 Å². The van der Waals surface area contributed by atoms with Gasteiger partial charge < -0.3 is 5.73 Å². The minimum Gasteiger partial charge on any atom is -0.327 e. The van der Waals surface area contributed by atoms with Crippen molar-refractivity contribution in [1.82, 2.24) is 0 Å². The molecular weight excluding hydrogens is 190 g/mol. The molecule has 2 atom stereocenters. The largest absolute Gasteiger partial charge is 0.327 e. The maximum Gasteiger partial charge on any atom is 0.0141 e. The Hall–Kier alpha value is -0.340. The van der Waals surface area contributed by atoms with E-state index in [2.05, 4.69) is 18.4 Å². The van der Waals surface area contributed by atoms with Gasteiger partial charge in [0.05, 0.1) is 0 Å². The first kappa shape index (κ1) is 8.93. The molecule has 0 radical (unpaired) electrons. The van der Waals surface area contributed by atoms with E-state index in [4.69, 9.17) is 5.73 Å². The first-order chi connectivity index (χ1) is 6.73. The van der Waals surface area contributed by atoms with Crippen molar-refractivity contribution in [3.8, 4) is 0 Å². The maximum atomic E-state index is 6.16. The Morgan fingerprint density at radius 3 is 2.93 bits per heavy atom. The molecule has 2 aliphatic rings. The van der Waals surface area contributed by atoms with Gasteiger partial charge in [0.1, 0.15) is 0 Å². The molecule has 0 aliphatic heterocycles. The van der Waals surface area contributed by atoms with Gasteiger partial charge >= 0.3 is 0 Å². The molecule has 2 aliphatic carbocycles. The molecule has 2 N–H and O–H groups in total. The molecule has 2 unspecified atom stereocenters. The van der Waals surface area contributed by atoms with Crippen molar-refractivity contribution in [2.45, 2.75) is 44.6 Å². The standard InChI is InChI=1S/C12H17NS/c1-8(13)10-11-9(3-7-14-11)2-4-12(10)5-6-12/h3,7-8,10H,2,4-6,13H2,1H3. The van der Waals surface area contributed by atoms with E-state index in [-0.39, 0.29) is 0 Å². The van der Waals surface area contributed by atoms with Crippen LogP contribution in [0.1, 0.15) is 42.5 Å². The number of aryl methyl sites for hydroxylation is 1. The SMILES string of the molecule is CC(N)C1c2sccc2CCC12CC2. The Morgan fingerprint density at radius 2 is 2.29 bits per heavy atom. The minimum absolute atomic E-state index is 0.329. The number of hydrogen-bond donors (Lipinski definition) is 1. The zero-order valence-corrected chi connectivity index (χ0v) is 9.44. The van der Waals surface area contributed by atoms with Crippen molar-refractivity contribution in [2.75, 3.05) is 0 Å². The van der Waals surface area contributed by atoms with Crippen molar-refractivity contribution in [1.29, 1.82) is 0 Å². The molecule has 1 saturated carbocycles. The first-order valence-corrected chi connectivity index (χ1v) is 6.43. The maximum absolute atomic E-state index is 6.16. The van der Waals surface area contributed by atoms with E-state index in [1.165, 1.54) is 25.7 Å². The van der Waals surface area contributed by atoms with Crippen molar-refractivity contribution < 1.29 is 0 Å². The van der Waals surface area contributed by atoms with Gasteiger partial charge in [-0.15, -0.1) is 11.3 Å². The van der Waals surface area contributed by atoms with Crippen LogP contribution in [0.4, 0.5) is 0 Å². The van der Waals surface area contributed by atoms with Crippen molar-refractivity contribution in [3.63, 3.8) is 0 Å². The zero-order valence-electron chi connectivity index (χ0n) is 8.62. The fraction of sp³-hybridized carbons (Fsp3) is 0.667. The zero-order chi connectivity index (χ0) is 9.76. The molecule has 0 amide bonds. The predicted molar refractivity (Wildman–Crippen MR) is 60.7 cm³/mol. The number of hydrogen-bond acceptors (Lipinski definition) is 2. The van der Waals surface area contributed by atoms with Crippen LogP contribution in [-0.2, 0) is 6.42 Å².